The zero-order valence-electron chi connectivity index (χ0n) is 7.27. The lowest BCUT2D eigenvalue weighted by Crippen LogP contribution is -2.21. The Morgan fingerprint density at radius 3 is 2.79 bits per heavy atom. The van der Waals surface area contributed by atoms with Crippen LogP contribution in [0.25, 0.3) is 0 Å². The van der Waals surface area contributed by atoms with Crippen LogP contribution in [0.3, 0.4) is 0 Å². The van der Waals surface area contributed by atoms with Gasteiger partial charge in [0.25, 0.3) is 0 Å². The normalized spacial score (nSPS) is 12.5. The van der Waals surface area contributed by atoms with Gasteiger partial charge in [0.05, 0.1) is 0 Å². The predicted molar refractivity (Wildman–Crippen MR) is 47.1 cm³/mol. The van der Waals surface area contributed by atoms with Gasteiger partial charge in [0.1, 0.15) is 0 Å². The molecule has 14 heavy (non-hydrogen) atoms. The fourth-order valence-electron chi connectivity index (χ4n) is 0.949. The molecule has 0 aromatic carbocycles. The van der Waals surface area contributed by atoms with Gasteiger partial charge in [-0.15, -0.1) is 0 Å². The maximum atomic E-state index is 13.1. The lowest BCUT2D eigenvalue weighted by molar-refractivity contribution is 0.0685. The third kappa shape index (κ3) is 2.04. The molecule has 1 atom stereocenters. The summed E-state index contributed by atoms with van der Waals surface area (Å²) in [5, 5.41) is 8.49. The number of halogens is 1. The number of carboxylic acid groups (broad SMARTS) is 1. The van der Waals surface area contributed by atoms with Gasteiger partial charge >= 0.3 is 5.97 Å². The molecule has 0 fully saturated rings. The molecule has 0 saturated heterocycles. The Labute approximate surface area is 79.5 Å². The Balaban J connectivity index is 3.06. The van der Waals surface area contributed by atoms with E-state index in [9.17, 15) is 9.18 Å². The Morgan fingerprint density at radius 2 is 2.36 bits per heavy atom. The van der Waals surface area contributed by atoms with Crippen molar-refractivity contribution in [1.29, 1.82) is 0 Å². The second-order valence-electron chi connectivity index (χ2n) is 2.75. The van der Waals surface area contributed by atoms with Crippen LogP contribution >= 0.6 is 0 Å². The molecule has 1 aromatic heterocycles. The molecule has 0 amide bonds. The van der Waals surface area contributed by atoms with E-state index in [1.165, 1.54) is 6.20 Å². The molecule has 1 heterocycles. The van der Waals surface area contributed by atoms with Crippen LogP contribution in [-0.4, -0.2) is 22.6 Å². The van der Waals surface area contributed by atoms with Crippen molar-refractivity contribution in [1.82, 2.24) is 4.98 Å². The Kier molecular flexibility index (Phi) is 3.10. The molecule has 6 heteroatoms. The highest BCUT2D eigenvalue weighted by atomic mass is 19.1. The maximum Gasteiger partial charge on any atom is 0.357 e. The second kappa shape index (κ2) is 4.12. The SMILES string of the molecule is NC[C@H](N)c1cnc(C(=O)O)c(F)c1. The number of rotatable bonds is 3. The van der Waals surface area contributed by atoms with Crippen molar-refractivity contribution in [2.75, 3.05) is 6.54 Å². The minimum atomic E-state index is -1.41. The first-order valence-corrected chi connectivity index (χ1v) is 3.90. The highest BCUT2D eigenvalue weighted by Gasteiger charge is 2.14. The van der Waals surface area contributed by atoms with Gasteiger partial charge in [0.15, 0.2) is 11.5 Å². The van der Waals surface area contributed by atoms with Crippen LogP contribution in [0.4, 0.5) is 4.39 Å². The van der Waals surface area contributed by atoms with Crippen molar-refractivity contribution >= 4 is 5.97 Å². The van der Waals surface area contributed by atoms with E-state index in [1.54, 1.807) is 0 Å². The number of aromatic nitrogens is 1. The fourth-order valence-corrected chi connectivity index (χ4v) is 0.949. The van der Waals surface area contributed by atoms with Gasteiger partial charge in [-0.3, -0.25) is 0 Å². The van der Waals surface area contributed by atoms with Crippen LogP contribution in [0, 0.1) is 5.82 Å². The summed E-state index contributed by atoms with van der Waals surface area (Å²) in [5.41, 5.74) is 10.5. The monoisotopic (exact) mass is 199 g/mol. The number of hydrogen-bond acceptors (Lipinski definition) is 4. The summed E-state index contributed by atoms with van der Waals surface area (Å²) in [6.07, 6.45) is 1.21. The molecule has 0 aliphatic rings. The van der Waals surface area contributed by atoms with Gasteiger partial charge in [-0.2, -0.15) is 0 Å². The van der Waals surface area contributed by atoms with Crippen LogP contribution in [-0.2, 0) is 0 Å². The predicted octanol–water partition coefficient (Wildman–Crippen LogP) is -0.123. The van der Waals surface area contributed by atoms with E-state index in [0.717, 1.165) is 6.07 Å². The largest absolute Gasteiger partial charge is 0.476 e. The number of nitrogens with two attached hydrogens (primary N) is 2. The molecule has 0 aliphatic carbocycles. The lowest BCUT2D eigenvalue weighted by Gasteiger charge is -2.08. The van der Waals surface area contributed by atoms with E-state index in [1.807, 2.05) is 0 Å². The van der Waals surface area contributed by atoms with Gasteiger partial charge < -0.3 is 16.6 Å². The third-order valence-electron chi connectivity index (χ3n) is 1.75. The number of carboxylic acids is 1. The van der Waals surface area contributed by atoms with Crippen molar-refractivity contribution in [2.24, 2.45) is 11.5 Å². The molecule has 0 spiro atoms. The summed E-state index contributed by atoms with van der Waals surface area (Å²) in [6, 6.07) is 0.508. The number of nitrogens with zero attached hydrogens (tertiary/aromatic N) is 1. The maximum absolute atomic E-state index is 13.1. The van der Waals surface area contributed by atoms with E-state index in [0.29, 0.717) is 5.56 Å². The first-order valence-electron chi connectivity index (χ1n) is 3.90. The van der Waals surface area contributed by atoms with Gasteiger partial charge in [0.2, 0.25) is 0 Å². The molecular weight excluding hydrogens is 189 g/mol. The molecule has 0 aliphatic heterocycles. The molecule has 5 N–H and O–H groups in total. The Morgan fingerprint density at radius 1 is 1.71 bits per heavy atom. The molecule has 0 unspecified atom stereocenters. The number of pyridine rings is 1. The Bertz CT molecular complexity index is 356. The summed E-state index contributed by atoms with van der Waals surface area (Å²) in [7, 11) is 0. The number of hydrogen-bond donors (Lipinski definition) is 3. The third-order valence-corrected chi connectivity index (χ3v) is 1.75. The van der Waals surface area contributed by atoms with E-state index >= 15 is 0 Å². The van der Waals surface area contributed by atoms with E-state index < -0.39 is 23.5 Å². The molecule has 0 saturated carbocycles. The van der Waals surface area contributed by atoms with Gasteiger partial charge in [-0.1, -0.05) is 0 Å². The van der Waals surface area contributed by atoms with Gasteiger partial charge in [0, 0.05) is 18.8 Å². The number of carbonyl (C=O) groups is 1. The van der Waals surface area contributed by atoms with Crippen LogP contribution in [0.15, 0.2) is 12.3 Å². The smallest absolute Gasteiger partial charge is 0.357 e. The van der Waals surface area contributed by atoms with E-state index in [2.05, 4.69) is 4.98 Å². The van der Waals surface area contributed by atoms with Crippen molar-refractivity contribution < 1.29 is 14.3 Å². The van der Waals surface area contributed by atoms with Crippen molar-refractivity contribution in [3.8, 4) is 0 Å². The fraction of sp³-hybridized carbons (Fsp3) is 0.250. The minimum Gasteiger partial charge on any atom is -0.476 e. The van der Waals surface area contributed by atoms with Crippen LogP contribution in [0.1, 0.15) is 22.1 Å². The van der Waals surface area contributed by atoms with Gasteiger partial charge in [-0.05, 0) is 11.6 Å². The average Bonchev–Trinajstić information content (AvgIpc) is 2.15. The topological polar surface area (TPSA) is 102 Å². The summed E-state index contributed by atoms with van der Waals surface area (Å²) in [5.74, 6) is -2.31. The molecule has 76 valence electrons. The zero-order valence-corrected chi connectivity index (χ0v) is 7.27. The first-order chi connectivity index (χ1) is 6.56. The molecule has 0 bridgehead atoms. The van der Waals surface area contributed by atoms with Gasteiger partial charge in [-0.25, -0.2) is 14.2 Å². The highest BCUT2D eigenvalue weighted by molar-refractivity contribution is 5.85. The summed E-state index contributed by atoms with van der Waals surface area (Å²) >= 11 is 0. The van der Waals surface area contributed by atoms with E-state index in [4.69, 9.17) is 16.6 Å². The summed E-state index contributed by atoms with van der Waals surface area (Å²) < 4.78 is 13.1. The lowest BCUT2D eigenvalue weighted by atomic mass is 10.1. The average molecular weight is 199 g/mol. The van der Waals surface area contributed by atoms with E-state index in [-0.39, 0.29) is 6.54 Å². The molecule has 5 nitrogen and oxygen atoms in total. The second-order valence-corrected chi connectivity index (χ2v) is 2.75. The van der Waals surface area contributed by atoms with Crippen LogP contribution < -0.4 is 11.5 Å². The number of aromatic carboxylic acids is 1. The molecule has 1 aromatic rings. The zero-order chi connectivity index (χ0) is 10.7. The van der Waals surface area contributed by atoms with Crippen molar-refractivity contribution in [3.05, 3.63) is 29.3 Å². The van der Waals surface area contributed by atoms with Crippen LogP contribution in [0.2, 0.25) is 0 Å². The molecule has 0 radical (unpaired) electrons. The van der Waals surface area contributed by atoms with Crippen molar-refractivity contribution in [2.45, 2.75) is 6.04 Å². The van der Waals surface area contributed by atoms with Crippen LogP contribution in [0.5, 0.6) is 0 Å². The molecular formula is C8H10FN3O2. The minimum absolute atomic E-state index is 0.146. The standard InChI is InChI=1S/C8H10FN3O2/c9-5-1-4(6(11)2-10)3-12-7(5)8(13)14/h1,3,6H,2,10-11H2,(H,13,14)/t6-/m0/s1. The molecule has 1 rings (SSSR count). The summed E-state index contributed by atoms with van der Waals surface area (Å²) in [6.45, 7) is 0.146. The quantitative estimate of drug-likeness (QED) is 0.629. The van der Waals surface area contributed by atoms with Crippen molar-refractivity contribution in [3.63, 3.8) is 0 Å². The Hall–Kier alpha value is -1.53. The highest BCUT2D eigenvalue weighted by Crippen LogP contribution is 2.12. The first kappa shape index (κ1) is 10.6. The summed E-state index contributed by atoms with van der Waals surface area (Å²) in [4.78, 5) is 13.9.